The Morgan fingerprint density at radius 1 is 1.30 bits per heavy atom. The third-order valence-electron chi connectivity index (χ3n) is 4.37. The summed E-state index contributed by atoms with van der Waals surface area (Å²) in [5.74, 6) is 1.70. The fraction of sp³-hybridized carbons (Fsp3) is 0.500. The number of fused-ring (bicyclic) bond motifs is 1. The zero-order valence-corrected chi connectivity index (χ0v) is 14.2. The van der Waals surface area contributed by atoms with Gasteiger partial charge in [0.05, 0.1) is 19.1 Å². The van der Waals surface area contributed by atoms with Gasteiger partial charge in [0.2, 0.25) is 11.8 Å². The molecule has 2 heterocycles. The van der Waals surface area contributed by atoms with Crippen LogP contribution in [0.3, 0.4) is 0 Å². The van der Waals surface area contributed by atoms with Crippen LogP contribution in [0.1, 0.15) is 19.8 Å². The molecule has 2 atom stereocenters. The van der Waals surface area contributed by atoms with Crippen molar-refractivity contribution in [1.29, 1.82) is 0 Å². The molecule has 0 radical (unpaired) electrons. The lowest BCUT2D eigenvalue weighted by atomic mass is 10.2. The highest BCUT2D eigenvalue weighted by molar-refractivity contribution is 8.01. The van der Waals surface area contributed by atoms with Gasteiger partial charge in [-0.25, -0.2) is 0 Å². The van der Waals surface area contributed by atoms with Gasteiger partial charge in [-0.1, -0.05) is 0 Å². The van der Waals surface area contributed by atoms with Gasteiger partial charge in [-0.3, -0.25) is 9.59 Å². The monoisotopic (exact) mass is 336 g/mol. The molecule has 1 N–H and O–H groups in total. The van der Waals surface area contributed by atoms with E-state index >= 15 is 0 Å². The average Bonchev–Trinajstić information content (AvgIpc) is 3.03. The fourth-order valence-electron chi connectivity index (χ4n) is 3.12. The molecule has 1 aromatic carbocycles. The molecule has 3 rings (SSSR count). The number of rotatable bonds is 4. The standard InChI is InChI=1S/C16H20N2O4S/c1-16-5-4-14(19)18(16)13(9-23-16)15(20)17-10-6-11(21-2)8-12(7-10)22-3/h6-8,13H,4-5,9H2,1-3H3,(H,17,20)/t13-,16+/m0/s1. The van der Waals surface area contributed by atoms with Crippen molar-refractivity contribution in [3.8, 4) is 11.5 Å². The zero-order chi connectivity index (χ0) is 16.6. The molecule has 0 spiro atoms. The molecular weight excluding hydrogens is 316 g/mol. The van der Waals surface area contributed by atoms with Gasteiger partial charge in [0, 0.05) is 36.1 Å². The van der Waals surface area contributed by atoms with Gasteiger partial charge in [0.25, 0.3) is 0 Å². The highest BCUT2D eigenvalue weighted by Crippen LogP contribution is 2.47. The van der Waals surface area contributed by atoms with Gasteiger partial charge in [-0.2, -0.15) is 0 Å². The molecular formula is C16H20N2O4S. The molecule has 2 fully saturated rings. The predicted octanol–water partition coefficient (Wildman–Crippen LogP) is 2.10. The maximum Gasteiger partial charge on any atom is 0.248 e. The lowest BCUT2D eigenvalue weighted by Gasteiger charge is -2.29. The average molecular weight is 336 g/mol. The number of amides is 2. The Labute approximate surface area is 139 Å². The highest BCUT2D eigenvalue weighted by atomic mass is 32.2. The Bertz CT molecular complexity index is 629. The van der Waals surface area contributed by atoms with Gasteiger partial charge < -0.3 is 19.7 Å². The first-order chi connectivity index (χ1) is 11.0. The van der Waals surface area contributed by atoms with Gasteiger partial charge in [0.15, 0.2) is 0 Å². The molecule has 0 saturated carbocycles. The Morgan fingerprint density at radius 3 is 2.57 bits per heavy atom. The van der Waals surface area contributed by atoms with E-state index < -0.39 is 6.04 Å². The molecule has 124 valence electrons. The quantitative estimate of drug-likeness (QED) is 0.912. The van der Waals surface area contributed by atoms with Crippen molar-refractivity contribution in [2.24, 2.45) is 0 Å². The first-order valence-corrected chi connectivity index (χ1v) is 8.45. The molecule has 0 aromatic heterocycles. The smallest absolute Gasteiger partial charge is 0.248 e. The van der Waals surface area contributed by atoms with Gasteiger partial charge in [-0.15, -0.1) is 11.8 Å². The fourth-order valence-corrected chi connectivity index (χ4v) is 4.55. The number of carbonyl (C=O) groups excluding carboxylic acids is 2. The lowest BCUT2D eigenvalue weighted by molar-refractivity contribution is -0.135. The SMILES string of the molecule is COc1cc(NC(=O)[C@@H]2CS[C@]3(C)CCC(=O)N23)cc(OC)c1. The topological polar surface area (TPSA) is 67.9 Å². The first kappa shape index (κ1) is 16.0. The van der Waals surface area contributed by atoms with Crippen LogP contribution < -0.4 is 14.8 Å². The summed E-state index contributed by atoms with van der Waals surface area (Å²) in [6, 6.07) is 4.76. The number of anilines is 1. The van der Waals surface area contributed by atoms with E-state index in [1.54, 1.807) is 49.1 Å². The van der Waals surface area contributed by atoms with Crippen LogP contribution in [0, 0.1) is 0 Å². The highest BCUT2D eigenvalue weighted by Gasteiger charge is 2.52. The van der Waals surface area contributed by atoms with Crippen LogP contribution in [0.2, 0.25) is 0 Å². The van der Waals surface area contributed by atoms with E-state index in [0.717, 1.165) is 6.42 Å². The van der Waals surface area contributed by atoms with E-state index in [1.807, 2.05) is 6.92 Å². The largest absolute Gasteiger partial charge is 0.497 e. The number of hydrogen-bond acceptors (Lipinski definition) is 5. The van der Waals surface area contributed by atoms with Crippen LogP contribution in [-0.4, -0.2) is 47.6 Å². The molecule has 2 amide bonds. The van der Waals surface area contributed by atoms with Crippen LogP contribution in [0.25, 0.3) is 0 Å². The van der Waals surface area contributed by atoms with Crippen molar-refractivity contribution in [2.45, 2.75) is 30.7 Å². The second-order valence-corrected chi connectivity index (χ2v) is 7.36. The van der Waals surface area contributed by atoms with Crippen LogP contribution in [-0.2, 0) is 9.59 Å². The first-order valence-electron chi connectivity index (χ1n) is 7.47. The van der Waals surface area contributed by atoms with Crippen molar-refractivity contribution in [2.75, 3.05) is 25.3 Å². The summed E-state index contributed by atoms with van der Waals surface area (Å²) in [5.41, 5.74) is 0.594. The van der Waals surface area contributed by atoms with Crippen molar-refractivity contribution < 1.29 is 19.1 Å². The summed E-state index contributed by atoms with van der Waals surface area (Å²) < 4.78 is 10.4. The van der Waals surface area contributed by atoms with E-state index in [2.05, 4.69) is 5.32 Å². The van der Waals surface area contributed by atoms with Crippen molar-refractivity contribution in [1.82, 2.24) is 4.90 Å². The molecule has 0 bridgehead atoms. The minimum Gasteiger partial charge on any atom is -0.497 e. The summed E-state index contributed by atoms with van der Waals surface area (Å²) in [6.45, 7) is 2.03. The molecule has 2 aliphatic heterocycles. The molecule has 6 nitrogen and oxygen atoms in total. The Hall–Kier alpha value is -1.89. The minimum absolute atomic E-state index is 0.0564. The van der Waals surface area contributed by atoms with Crippen LogP contribution in [0.15, 0.2) is 18.2 Å². The Balaban J connectivity index is 1.78. The summed E-state index contributed by atoms with van der Waals surface area (Å²) in [4.78, 5) is 26.3. The number of nitrogens with one attached hydrogen (secondary N) is 1. The third-order valence-corrected chi connectivity index (χ3v) is 5.87. The number of carbonyl (C=O) groups is 2. The maximum absolute atomic E-state index is 12.6. The second kappa shape index (κ2) is 5.96. The van der Waals surface area contributed by atoms with Crippen LogP contribution >= 0.6 is 11.8 Å². The predicted molar refractivity (Wildman–Crippen MR) is 88.9 cm³/mol. The zero-order valence-electron chi connectivity index (χ0n) is 13.4. The van der Waals surface area contributed by atoms with Crippen molar-refractivity contribution in [3.05, 3.63) is 18.2 Å². The molecule has 1 aromatic rings. The Kier molecular flexibility index (Phi) is 4.14. The molecule has 2 aliphatic rings. The maximum atomic E-state index is 12.6. The summed E-state index contributed by atoms with van der Waals surface area (Å²) in [6.07, 6.45) is 1.31. The van der Waals surface area contributed by atoms with E-state index in [0.29, 0.717) is 29.4 Å². The van der Waals surface area contributed by atoms with E-state index in [-0.39, 0.29) is 16.7 Å². The third kappa shape index (κ3) is 2.85. The van der Waals surface area contributed by atoms with Gasteiger partial charge in [0.1, 0.15) is 17.5 Å². The van der Waals surface area contributed by atoms with Crippen molar-refractivity contribution >= 4 is 29.3 Å². The number of ether oxygens (including phenoxy) is 2. The summed E-state index contributed by atoms with van der Waals surface area (Å²) in [7, 11) is 3.12. The van der Waals surface area contributed by atoms with Gasteiger partial charge in [-0.05, 0) is 13.3 Å². The molecule has 0 unspecified atom stereocenters. The minimum atomic E-state index is -0.433. The number of methoxy groups -OCH3 is 2. The number of hydrogen-bond donors (Lipinski definition) is 1. The number of nitrogens with zero attached hydrogens (tertiary/aromatic N) is 1. The van der Waals surface area contributed by atoms with E-state index in [1.165, 1.54) is 0 Å². The van der Waals surface area contributed by atoms with Gasteiger partial charge >= 0.3 is 0 Å². The summed E-state index contributed by atoms with van der Waals surface area (Å²) >= 11 is 1.68. The normalized spacial score (nSPS) is 26.1. The number of benzene rings is 1. The lowest BCUT2D eigenvalue weighted by Crippen LogP contribution is -2.48. The van der Waals surface area contributed by atoms with E-state index in [4.69, 9.17) is 9.47 Å². The molecule has 0 aliphatic carbocycles. The van der Waals surface area contributed by atoms with E-state index in [9.17, 15) is 9.59 Å². The second-order valence-electron chi connectivity index (χ2n) is 5.86. The molecule has 7 heteroatoms. The molecule has 2 saturated heterocycles. The van der Waals surface area contributed by atoms with Crippen LogP contribution in [0.5, 0.6) is 11.5 Å². The van der Waals surface area contributed by atoms with Crippen molar-refractivity contribution in [3.63, 3.8) is 0 Å². The Morgan fingerprint density at radius 2 is 1.96 bits per heavy atom. The molecule has 23 heavy (non-hydrogen) atoms. The van der Waals surface area contributed by atoms with Crippen LogP contribution in [0.4, 0.5) is 5.69 Å². The number of thioether (sulfide) groups is 1. The summed E-state index contributed by atoms with van der Waals surface area (Å²) in [5, 5.41) is 2.88.